The van der Waals surface area contributed by atoms with E-state index in [9.17, 15) is 18.0 Å². The molecule has 1 saturated heterocycles. The van der Waals surface area contributed by atoms with E-state index in [1.807, 2.05) is 23.1 Å². The summed E-state index contributed by atoms with van der Waals surface area (Å²) in [5.41, 5.74) is 6.35. The summed E-state index contributed by atoms with van der Waals surface area (Å²) in [4.78, 5) is 25.9. The second kappa shape index (κ2) is 9.04. The van der Waals surface area contributed by atoms with Crippen LogP contribution in [0.2, 0.25) is 0 Å². The highest BCUT2D eigenvalue weighted by molar-refractivity contribution is 7.88. The van der Waals surface area contributed by atoms with Gasteiger partial charge >= 0.3 is 0 Å². The SMILES string of the molecule is CC(C(=O)Nc1sccc1C(N)=O)N1CCN(S(=O)(=O)Cc2ccccc2)CC1. The predicted octanol–water partition coefficient (Wildman–Crippen LogP) is 1.32. The molecule has 156 valence electrons. The number of amides is 2. The molecule has 1 unspecified atom stereocenters. The smallest absolute Gasteiger partial charge is 0.251 e. The van der Waals surface area contributed by atoms with Crippen LogP contribution in [0, 0.1) is 0 Å². The van der Waals surface area contributed by atoms with Crippen molar-refractivity contribution < 1.29 is 18.0 Å². The van der Waals surface area contributed by atoms with Crippen molar-refractivity contribution in [2.45, 2.75) is 18.7 Å². The minimum atomic E-state index is -3.41. The van der Waals surface area contributed by atoms with Crippen LogP contribution in [0.15, 0.2) is 41.8 Å². The number of nitrogens with two attached hydrogens (primary N) is 1. The Labute approximate surface area is 174 Å². The molecule has 0 radical (unpaired) electrons. The minimum absolute atomic E-state index is 0.0296. The first kappa shape index (κ1) is 21.4. The lowest BCUT2D eigenvalue weighted by Gasteiger charge is -2.36. The largest absolute Gasteiger partial charge is 0.366 e. The fraction of sp³-hybridized carbons (Fsp3) is 0.368. The predicted molar refractivity (Wildman–Crippen MR) is 113 cm³/mol. The molecule has 3 rings (SSSR count). The van der Waals surface area contributed by atoms with E-state index in [1.165, 1.54) is 15.6 Å². The first-order valence-corrected chi connectivity index (χ1v) is 11.7. The highest BCUT2D eigenvalue weighted by atomic mass is 32.2. The number of primary amides is 1. The number of hydrogen-bond acceptors (Lipinski definition) is 6. The number of nitrogens with zero attached hydrogens (tertiary/aromatic N) is 2. The summed E-state index contributed by atoms with van der Waals surface area (Å²) in [5, 5.41) is 4.87. The molecule has 1 aliphatic heterocycles. The molecule has 2 amide bonds. The number of carbonyl (C=O) groups is 2. The van der Waals surface area contributed by atoms with Crippen LogP contribution in [0.25, 0.3) is 0 Å². The summed E-state index contributed by atoms with van der Waals surface area (Å²) in [6.45, 7) is 3.34. The summed E-state index contributed by atoms with van der Waals surface area (Å²) in [6, 6.07) is 10.2. The van der Waals surface area contributed by atoms with E-state index in [1.54, 1.807) is 30.5 Å². The van der Waals surface area contributed by atoms with Gasteiger partial charge in [0.1, 0.15) is 5.00 Å². The number of piperazine rings is 1. The molecule has 1 aromatic carbocycles. The van der Waals surface area contributed by atoms with Gasteiger partial charge in [0.2, 0.25) is 15.9 Å². The average molecular weight is 437 g/mol. The summed E-state index contributed by atoms with van der Waals surface area (Å²) in [7, 11) is -3.41. The molecule has 1 aliphatic rings. The molecule has 2 heterocycles. The van der Waals surface area contributed by atoms with Crippen molar-refractivity contribution in [2.24, 2.45) is 5.73 Å². The van der Waals surface area contributed by atoms with Crippen LogP contribution in [0.1, 0.15) is 22.8 Å². The Hall–Kier alpha value is -2.27. The van der Waals surface area contributed by atoms with Crippen LogP contribution in [-0.2, 0) is 20.6 Å². The Kier molecular flexibility index (Phi) is 6.68. The Bertz CT molecular complexity index is 967. The first-order valence-electron chi connectivity index (χ1n) is 9.22. The van der Waals surface area contributed by atoms with Gasteiger partial charge in [0.15, 0.2) is 0 Å². The van der Waals surface area contributed by atoms with Gasteiger partial charge in [-0.25, -0.2) is 8.42 Å². The van der Waals surface area contributed by atoms with Gasteiger partial charge in [-0.3, -0.25) is 14.5 Å². The lowest BCUT2D eigenvalue weighted by Crippen LogP contribution is -2.54. The van der Waals surface area contributed by atoms with E-state index in [4.69, 9.17) is 5.73 Å². The second-order valence-electron chi connectivity index (χ2n) is 6.87. The first-order chi connectivity index (χ1) is 13.8. The van der Waals surface area contributed by atoms with Crippen molar-refractivity contribution in [1.29, 1.82) is 0 Å². The van der Waals surface area contributed by atoms with Crippen LogP contribution in [0.3, 0.4) is 0 Å². The number of hydrogen-bond donors (Lipinski definition) is 2. The second-order valence-corrected chi connectivity index (χ2v) is 9.75. The van der Waals surface area contributed by atoms with Gasteiger partial charge in [-0.1, -0.05) is 30.3 Å². The van der Waals surface area contributed by atoms with Crippen molar-refractivity contribution in [1.82, 2.24) is 9.21 Å². The highest BCUT2D eigenvalue weighted by Gasteiger charge is 2.31. The van der Waals surface area contributed by atoms with Gasteiger partial charge in [-0.2, -0.15) is 4.31 Å². The Morgan fingerprint density at radius 3 is 2.41 bits per heavy atom. The lowest BCUT2D eigenvalue weighted by molar-refractivity contribution is -0.121. The maximum Gasteiger partial charge on any atom is 0.251 e. The molecule has 0 spiro atoms. The van der Waals surface area contributed by atoms with Crippen molar-refractivity contribution in [3.63, 3.8) is 0 Å². The summed E-state index contributed by atoms with van der Waals surface area (Å²) in [6.07, 6.45) is 0. The van der Waals surface area contributed by atoms with Crippen molar-refractivity contribution in [3.8, 4) is 0 Å². The van der Waals surface area contributed by atoms with E-state index in [-0.39, 0.29) is 17.2 Å². The molecule has 0 bridgehead atoms. The molecule has 3 N–H and O–H groups in total. The number of anilines is 1. The van der Waals surface area contributed by atoms with Gasteiger partial charge in [0.05, 0.1) is 17.4 Å². The molecule has 2 aromatic rings. The number of nitrogens with one attached hydrogen (secondary N) is 1. The van der Waals surface area contributed by atoms with Crippen LogP contribution in [0.4, 0.5) is 5.00 Å². The van der Waals surface area contributed by atoms with E-state index in [2.05, 4.69) is 5.32 Å². The van der Waals surface area contributed by atoms with Crippen LogP contribution in [0.5, 0.6) is 0 Å². The van der Waals surface area contributed by atoms with Gasteiger partial charge < -0.3 is 11.1 Å². The third-order valence-electron chi connectivity index (χ3n) is 4.95. The Balaban J connectivity index is 1.56. The molecule has 1 fully saturated rings. The third-order valence-corrected chi connectivity index (χ3v) is 7.63. The van der Waals surface area contributed by atoms with Gasteiger partial charge in [-0.05, 0) is 23.9 Å². The van der Waals surface area contributed by atoms with Crippen molar-refractivity contribution >= 4 is 38.2 Å². The van der Waals surface area contributed by atoms with Crippen LogP contribution in [-0.4, -0.2) is 61.7 Å². The van der Waals surface area contributed by atoms with Crippen LogP contribution < -0.4 is 11.1 Å². The fourth-order valence-corrected chi connectivity index (χ4v) is 5.54. The number of sulfonamides is 1. The van der Waals surface area contributed by atoms with Gasteiger partial charge in [0.25, 0.3) is 5.91 Å². The van der Waals surface area contributed by atoms with Gasteiger partial charge in [0, 0.05) is 26.2 Å². The summed E-state index contributed by atoms with van der Waals surface area (Å²) < 4.78 is 26.8. The normalized spacial score (nSPS) is 17.0. The molecule has 1 atom stereocenters. The minimum Gasteiger partial charge on any atom is -0.366 e. The summed E-state index contributed by atoms with van der Waals surface area (Å²) >= 11 is 1.24. The Morgan fingerprint density at radius 1 is 1.14 bits per heavy atom. The molecule has 10 heteroatoms. The zero-order valence-corrected chi connectivity index (χ0v) is 17.7. The lowest BCUT2D eigenvalue weighted by atomic mass is 10.2. The number of rotatable bonds is 7. The zero-order valence-electron chi connectivity index (χ0n) is 16.1. The third kappa shape index (κ3) is 5.21. The quantitative estimate of drug-likeness (QED) is 0.680. The molecule has 8 nitrogen and oxygen atoms in total. The molecule has 1 aromatic heterocycles. The topological polar surface area (TPSA) is 113 Å². The number of thiophene rings is 1. The number of carbonyl (C=O) groups excluding carboxylic acids is 2. The zero-order chi connectivity index (χ0) is 21.0. The van der Waals surface area contributed by atoms with E-state index in [0.29, 0.717) is 31.2 Å². The van der Waals surface area contributed by atoms with Gasteiger partial charge in [-0.15, -0.1) is 11.3 Å². The molecule has 0 aliphatic carbocycles. The molecular formula is C19H24N4O4S2. The van der Waals surface area contributed by atoms with E-state index >= 15 is 0 Å². The van der Waals surface area contributed by atoms with Crippen molar-refractivity contribution in [3.05, 3.63) is 52.9 Å². The monoisotopic (exact) mass is 436 g/mol. The molecule has 0 saturated carbocycles. The van der Waals surface area contributed by atoms with E-state index in [0.717, 1.165) is 5.56 Å². The van der Waals surface area contributed by atoms with Crippen LogP contribution >= 0.6 is 11.3 Å². The molecular weight excluding hydrogens is 412 g/mol. The van der Waals surface area contributed by atoms with E-state index < -0.39 is 22.0 Å². The standard InChI is InChI=1S/C19H24N4O4S2/c1-14(18(25)21-19-16(17(20)24)7-12-28-19)22-8-10-23(11-9-22)29(26,27)13-15-5-3-2-4-6-15/h2-7,12,14H,8-11,13H2,1H3,(H2,20,24)(H,21,25). The average Bonchev–Trinajstić information content (AvgIpc) is 3.16. The Morgan fingerprint density at radius 2 is 1.79 bits per heavy atom. The fourth-order valence-electron chi connectivity index (χ4n) is 3.23. The summed E-state index contributed by atoms with van der Waals surface area (Å²) in [5.74, 6) is -0.875. The maximum atomic E-state index is 12.7. The highest BCUT2D eigenvalue weighted by Crippen LogP contribution is 2.23. The molecule has 29 heavy (non-hydrogen) atoms. The maximum absolute atomic E-state index is 12.7. The number of benzene rings is 1. The van der Waals surface area contributed by atoms with Crippen molar-refractivity contribution in [2.75, 3.05) is 31.5 Å².